The highest BCUT2D eigenvalue weighted by Crippen LogP contribution is 2.16. The number of carbonyl (C=O) groups is 1. The molecule has 0 aliphatic heterocycles. The Balaban J connectivity index is 0.000000236. The molecule has 0 aromatic heterocycles. The van der Waals surface area contributed by atoms with Gasteiger partial charge in [0.15, 0.2) is 5.75 Å². The lowest BCUT2D eigenvalue weighted by atomic mass is 9.14. The first kappa shape index (κ1) is 27.8. The van der Waals surface area contributed by atoms with Crippen LogP contribution < -0.4 is 16.4 Å². The first-order valence-corrected chi connectivity index (χ1v) is 15.2. The Kier molecular flexibility index (Phi) is 10.9. The molecule has 0 unspecified atom stereocenters. The molecule has 0 atom stereocenters. The van der Waals surface area contributed by atoms with Crippen molar-refractivity contribution in [1.29, 1.82) is 0 Å². The number of hydrogen-bond donors (Lipinski definition) is 0. The predicted molar refractivity (Wildman–Crippen MR) is 164 cm³/mol. The highest BCUT2D eigenvalue weighted by Gasteiger charge is 2.28. The van der Waals surface area contributed by atoms with Crippen LogP contribution in [0.15, 0.2) is 115 Å². The second-order valence-electron chi connectivity index (χ2n) is 9.48. The van der Waals surface area contributed by atoms with Crippen molar-refractivity contribution >= 4 is 50.8 Å². The van der Waals surface area contributed by atoms with E-state index in [4.69, 9.17) is 11.6 Å². The van der Waals surface area contributed by atoms with Crippen molar-refractivity contribution in [3.63, 3.8) is 0 Å². The number of benzene rings is 4. The second kappa shape index (κ2) is 14.1. The Labute approximate surface area is 225 Å². The zero-order valence-electron chi connectivity index (χ0n) is 21.6. The van der Waals surface area contributed by atoms with Crippen molar-refractivity contribution in [2.45, 2.75) is 26.1 Å². The molecule has 4 aromatic carbocycles. The van der Waals surface area contributed by atoms with Gasteiger partial charge in [-0.05, 0) is 35.2 Å². The molecule has 0 heterocycles. The van der Waals surface area contributed by atoms with Gasteiger partial charge in [0.05, 0.1) is 18.7 Å². The Hall–Kier alpha value is -2.75. The molecule has 186 valence electrons. The van der Waals surface area contributed by atoms with Crippen LogP contribution in [0.25, 0.3) is 0 Å². The van der Waals surface area contributed by atoms with E-state index in [-0.39, 0.29) is 16.7 Å². The summed E-state index contributed by atoms with van der Waals surface area (Å²) in [4.78, 5) is 11.5. The molecule has 0 aliphatic carbocycles. The van der Waals surface area contributed by atoms with E-state index in [1.165, 1.54) is 35.6 Å². The number of carbonyl (C=O) groups excluding carboxylic acids is 1. The topological polar surface area (TPSA) is 17.1 Å². The summed E-state index contributed by atoms with van der Waals surface area (Å²) in [5.41, 5.74) is 5.08. The van der Waals surface area contributed by atoms with Gasteiger partial charge in [-0.3, -0.25) is 4.79 Å². The Morgan fingerprint density at radius 3 is 1.47 bits per heavy atom. The Bertz CT molecular complexity index is 1080. The Morgan fingerprint density at radius 1 is 0.694 bits per heavy atom. The smallest absolute Gasteiger partial charge is 0.211 e. The number of rotatable bonds is 9. The lowest BCUT2D eigenvalue weighted by molar-refractivity contribution is 0.102. The predicted octanol–water partition coefficient (Wildman–Crippen LogP) is 6.36. The van der Waals surface area contributed by atoms with Gasteiger partial charge in [-0.1, -0.05) is 122 Å². The van der Waals surface area contributed by atoms with Crippen LogP contribution in [0.3, 0.4) is 0 Å². The fourth-order valence-corrected chi connectivity index (χ4v) is 5.73. The summed E-state index contributed by atoms with van der Waals surface area (Å²) < 4.78 is 0. The molecule has 4 heteroatoms. The third-order valence-corrected chi connectivity index (χ3v) is 7.77. The number of hydrogen-bond acceptors (Lipinski definition) is 1. The summed E-state index contributed by atoms with van der Waals surface area (Å²) in [5, 5.41) is 0.670. The molecular weight excluding hydrogens is 479 g/mol. The maximum absolute atomic E-state index is 11.5. The van der Waals surface area contributed by atoms with Crippen molar-refractivity contribution in [3.8, 4) is 0 Å². The van der Waals surface area contributed by atoms with Crippen molar-refractivity contribution in [2.75, 3.05) is 18.3 Å². The molecule has 0 aliphatic rings. The van der Waals surface area contributed by atoms with E-state index in [0.717, 1.165) is 5.56 Å². The maximum Gasteiger partial charge on any atom is 0.211 e. The van der Waals surface area contributed by atoms with Crippen molar-refractivity contribution in [2.24, 2.45) is 0 Å². The molecule has 0 fully saturated rings. The molecule has 0 radical (unpaired) electrons. The average Bonchev–Trinajstić information content (AvgIpc) is 2.91. The molecule has 4 rings (SSSR count). The third kappa shape index (κ3) is 7.38. The van der Waals surface area contributed by atoms with Gasteiger partial charge in [0.2, 0.25) is 5.78 Å². The lowest BCUT2D eigenvalue weighted by Gasteiger charge is -2.43. The van der Waals surface area contributed by atoms with Gasteiger partial charge in [-0.2, -0.15) is 22.7 Å². The zero-order valence-corrected chi connectivity index (χ0v) is 23.1. The molecule has 4 aromatic rings. The van der Waals surface area contributed by atoms with Crippen LogP contribution in [-0.2, 0) is 10.9 Å². The number of ketones is 1. The van der Waals surface area contributed by atoms with E-state index < -0.39 is 6.15 Å². The van der Waals surface area contributed by atoms with Crippen LogP contribution in [0.5, 0.6) is 0 Å². The Morgan fingerprint density at radius 2 is 1.11 bits per heavy atom. The van der Waals surface area contributed by atoms with E-state index in [2.05, 4.69) is 110 Å². The SMILES string of the molecule is CCCC[B-](c1ccccc1)(c1ccccc1)c1ccccc1.C[S+](C)CC(=O)c1ccc(Cl)cc1. The largest absolute Gasteiger partial charge is 0.289 e. The van der Waals surface area contributed by atoms with Crippen molar-refractivity contribution < 1.29 is 4.79 Å². The molecule has 0 saturated carbocycles. The van der Waals surface area contributed by atoms with Crippen LogP contribution >= 0.6 is 11.6 Å². The van der Waals surface area contributed by atoms with Crippen molar-refractivity contribution in [3.05, 3.63) is 126 Å². The summed E-state index contributed by atoms with van der Waals surface area (Å²) in [6, 6.07) is 40.2. The fraction of sp³-hybridized carbons (Fsp3) is 0.219. The van der Waals surface area contributed by atoms with Crippen LogP contribution in [0.2, 0.25) is 11.3 Å². The fourth-order valence-electron chi connectivity index (χ4n) is 4.91. The van der Waals surface area contributed by atoms with Gasteiger partial charge in [0.25, 0.3) is 0 Å². The minimum atomic E-state index is -0.913. The van der Waals surface area contributed by atoms with Gasteiger partial charge < -0.3 is 0 Å². The average molecular weight is 515 g/mol. The van der Waals surface area contributed by atoms with E-state index in [0.29, 0.717) is 10.8 Å². The van der Waals surface area contributed by atoms with Crippen molar-refractivity contribution in [1.82, 2.24) is 0 Å². The van der Waals surface area contributed by atoms with E-state index in [1.807, 2.05) is 0 Å². The van der Waals surface area contributed by atoms with Gasteiger partial charge in [0.1, 0.15) is 0 Å². The van der Waals surface area contributed by atoms with E-state index in [1.54, 1.807) is 24.3 Å². The summed E-state index contributed by atoms with van der Waals surface area (Å²) in [5.74, 6) is 0.826. The minimum Gasteiger partial charge on any atom is -0.289 e. The number of halogens is 1. The molecule has 0 bridgehead atoms. The van der Waals surface area contributed by atoms with Crippen LogP contribution in [0, 0.1) is 0 Å². The highest BCUT2D eigenvalue weighted by atomic mass is 35.5. The van der Waals surface area contributed by atoms with Crippen LogP contribution in [0.1, 0.15) is 30.1 Å². The summed E-state index contributed by atoms with van der Waals surface area (Å²) in [7, 11) is 0.166. The lowest BCUT2D eigenvalue weighted by Crippen LogP contribution is -2.66. The van der Waals surface area contributed by atoms with Crippen LogP contribution in [-0.4, -0.2) is 30.2 Å². The summed E-state index contributed by atoms with van der Waals surface area (Å²) in [6.45, 7) is 2.28. The molecular formula is C32H36BClOS. The molecule has 0 saturated heterocycles. The first-order chi connectivity index (χ1) is 17.5. The quantitative estimate of drug-likeness (QED) is 0.144. The molecule has 1 nitrogen and oxygen atoms in total. The maximum atomic E-state index is 11.5. The second-order valence-corrected chi connectivity index (χ2v) is 12.2. The summed E-state index contributed by atoms with van der Waals surface area (Å²) >= 11 is 5.71. The van der Waals surface area contributed by atoms with E-state index in [9.17, 15) is 4.79 Å². The highest BCUT2D eigenvalue weighted by molar-refractivity contribution is 7.96. The first-order valence-electron chi connectivity index (χ1n) is 12.6. The third-order valence-electron chi connectivity index (χ3n) is 6.68. The number of unbranched alkanes of at least 4 members (excludes halogenated alkanes) is 1. The van der Waals surface area contributed by atoms with Crippen LogP contribution in [0.4, 0.5) is 0 Å². The molecule has 0 N–H and O–H groups in total. The normalized spacial score (nSPS) is 11.0. The monoisotopic (exact) mass is 514 g/mol. The number of Topliss-reactive ketones (excluding diaryl/α,β-unsaturated/α-hetero) is 1. The molecule has 36 heavy (non-hydrogen) atoms. The van der Waals surface area contributed by atoms with E-state index >= 15 is 0 Å². The van der Waals surface area contributed by atoms with Gasteiger partial charge in [-0.15, -0.1) is 0 Å². The standard InChI is InChI=1S/C22H24B.C10H12ClOS/c1-2-3-19-23(20-13-7-4-8-14-20,21-15-9-5-10-16-21)22-17-11-6-12-18-22;1-13(2)7-10(12)8-3-5-9(11)6-4-8/h4-18H,2-3,19H2,1H3;3-6H,7H2,1-2H3/q-1;+1. The molecule has 0 amide bonds. The summed E-state index contributed by atoms with van der Waals surface area (Å²) in [6.07, 6.45) is 6.86. The van der Waals surface area contributed by atoms with Gasteiger partial charge >= 0.3 is 0 Å². The van der Waals surface area contributed by atoms with Gasteiger partial charge in [-0.25, -0.2) is 0 Å². The minimum absolute atomic E-state index is 0.166. The molecule has 0 spiro atoms. The zero-order chi connectivity index (χ0) is 25.8. The van der Waals surface area contributed by atoms with Gasteiger partial charge in [0, 0.05) is 10.6 Å².